The van der Waals surface area contributed by atoms with Gasteiger partial charge in [-0.05, 0) is 55.7 Å². The highest BCUT2D eigenvalue weighted by Crippen LogP contribution is 2.42. The number of aliphatic carboxylic acids is 6. The van der Waals surface area contributed by atoms with Crippen LogP contribution in [0.25, 0.3) is 0 Å². The van der Waals surface area contributed by atoms with E-state index in [-0.39, 0.29) is 54.3 Å². The molecule has 13 N–H and O–H groups in total. The molecule has 0 saturated heterocycles. The van der Waals surface area contributed by atoms with Gasteiger partial charge in [0.2, 0.25) is 0 Å². The molecule has 3 heterocycles. The first-order chi connectivity index (χ1) is 27.3. The number of phenolic OH excluding ortho intramolecular Hbond substituents is 3. The van der Waals surface area contributed by atoms with Crippen molar-refractivity contribution in [1.29, 1.82) is 0 Å². The first-order valence-electron chi connectivity index (χ1n) is 18.0. The second-order valence-corrected chi connectivity index (χ2v) is 13.7. The maximum Gasteiger partial charge on any atom is 0.336 e. The molecule has 3 aromatic rings. The second kappa shape index (κ2) is 21.0. The lowest BCUT2D eigenvalue weighted by atomic mass is 9.95. The molecule has 0 spiro atoms. The molecular formula is C39H47N3O16. The number of fused-ring (bicyclic) bond motifs is 3. The molecule has 6 rings (SSSR count). The summed E-state index contributed by atoms with van der Waals surface area (Å²) in [4.78, 5) is 61.9. The molecule has 0 aromatic heterocycles. The maximum absolute atomic E-state index is 10.5. The van der Waals surface area contributed by atoms with E-state index < -0.39 is 54.3 Å². The van der Waals surface area contributed by atoms with E-state index in [0.29, 0.717) is 38.9 Å². The monoisotopic (exact) mass is 813 g/mol. The lowest BCUT2D eigenvalue weighted by Gasteiger charge is -2.18. The second-order valence-electron chi connectivity index (χ2n) is 13.7. The summed E-state index contributed by atoms with van der Waals surface area (Å²) in [7, 11) is 0. The summed E-state index contributed by atoms with van der Waals surface area (Å²) in [6.07, 6.45) is -0.184. The number of rotatable bonds is 14. The summed E-state index contributed by atoms with van der Waals surface area (Å²) in [6.45, 7) is 2.13. The highest BCUT2D eigenvalue weighted by Gasteiger charge is 2.41. The molecular weight excluding hydrogens is 766 g/mol. The molecule has 19 heteroatoms. The summed E-state index contributed by atoms with van der Waals surface area (Å²) >= 11 is 0. The number of carboxylic acids is 6. The summed E-state index contributed by atoms with van der Waals surface area (Å²) < 4.78 is 0. The third-order valence-electron chi connectivity index (χ3n) is 9.50. The van der Waals surface area contributed by atoms with E-state index in [4.69, 9.17) is 35.7 Å². The molecule has 314 valence electrons. The highest BCUT2D eigenvalue weighted by molar-refractivity contribution is 5.88. The quantitative estimate of drug-likeness (QED) is 0.109. The minimum absolute atomic E-state index is 0.109. The lowest BCUT2D eigenvalue weighted by molar-refractivity contribution is -0.170. The van der Waals surface area contributed by atoms with Gasteiger partial charge in [0.15, 0.2) is 5.60 Å². The molecule has 3 aromatic carbocycles. The Kier molecular flexibility index (Phi) is 16.5. The van der Waals surface area contributed by atoms with Crippen LogP contribution in [0.15, 0.2) is 54.6 Å². The molecule has 0 radical (unpaired) electrons. The van der Waals surface area contributed by atoms with Crippen molar-refractivity contribution in [3.05, 3.63) is 71.3 Å². The Morgan fingerprint density at radius 2 is 0.759 bits per heavy atom. The van der Waals surface area contributed by atoms with Crippen LogP contribution in [0.5, 0.6) is 17.2 Å². The zero-order valence-electron chi connectivity index (χ0n) is 31.1. The average Bonchev–Trinajstić information content (AvgIpc) is 3.87. The van der Waals surface area contributed by atoms with E-state index in [0.717, 1.165) is 33.8 Å². The largest absolute Gasteiger partial charge is 0.508 e. The zero-order chi connectivity index (χ0) is 43.2. The predicted octanol–water partition coefficient (Wildman–Crippen LogP) is 4.05. The smallest absolute Gasteiger partial charge is 0.336 e. The van der Waals surface area contributed by atoms with Crippen LogP contribution in [0.3, 0.4) is 0 Å². The first kappa shape index (κ1) is 45.6. The molecule has 3 unspecified atom stereocenters. The highest BCUT2D eigenvalue weighted by atomic mass is 16.4. The van der Waals surface area contributed by atoms with Crippen LogP contribution < -0.4 is 16.0 Å². The molecule has 0 fully saturated rings. The normalized spacial score (nSPS) is 16.6. The van der Waals surface area contributed by atoms with Gasteiger partial charge in [-0.25, -0.2) is 4.79 Å². The van der Waals surface area contributed by atoms with Gasteiger partial charge in [-0.15, -0.1) is 0 Å². The van der Waals surface area contributed by atoms with Crippen LogP contribution in [0.2, 0.25) is 0 Å². The van der Waals surface area contributed by atoms with Crippen molar-refractivity contribution in [2.75, 3.05) is 35.6 Å². The number of hydrogen-bond acceptors (Lipinski definition) is 13. The van der Waals surface area contributed by atoms with Crippen LogP contribution in [0.4, 0.5) is 17.1 Å². The first-order valence-corrected chi connectivity index (χ1v) is 18.0. The molecule has 3 atom stereocenters. The molecule has 0 aliphatic carbocycles. The molecule has 58 heavy (non-hydrogen) atoms. The van der Waals surface area contributed by atoms with Gasteiger partial charge in [0.1, 0.15) is 17.2 Å². The number of anilines is 3. The Balaban J connectivity index is 0.000000207. The van der Waals surface area contributed by atoms with Crippen molar-refractivity contribution in [1.82, 2.24) is 0 Å². The van der Waals surface area contributed by atoms with E-state index in [1.807, 2.05) is 18.2 Å². The van der Waals surface area contributed by atoms with Crippen LogP contribution in [0.1, 0.15) is 85.8 Å². The van der Waals surface area contributed by atoms with Gasteiger partial charge in [0.25, 0.3) is 0 Å². The third kappa shape index (κ3) is 13.2. The molecule has 3 aliphatic heterocycles. The average molecular weight is 814 g/mol. The number of phenols is 3. The van der Waals surface area contributed by atoms with Gasteiger partial charge in [-0.1, -0.05) is 18.2 Å². The molecule has 19 nitrogen and oxygen atoms in total. The number of hydrogen-bond donors (Lipinski definition) is 13. The number of benzene rings is 3. The third-order valence-corrected chi connectivity index (χ3v) is 9.50. The standard InChI is InChI=1S/3C11H13NO3.C6H8O7/c3*13-9-3-1-2-8-11(9)7(6-12-8)4-5-10(14)15;7-3(8)1-6(13,5(11)12)2-4(9)10/h3*1-3,7,12-13H,4-6H2,(H,14,15);13H,1-2H2,(H,7,8)(H,9,10)(H,11,12). The fourth-order valence-electron chi connectivity index (χ4n) is 6.76. The van der Waals surface area contributed by atoms with E-state index in [2.05, 4.69) is 16.0 Å². The Morgan fingerprint density at radius 1 is 0.483 bits per heavy atom. The fraction of sp³-hybridized carbons (Fsp3) is 0.385. The number of aliphatic hydroxyl groups is 1. The van der Waals surface area contributed by atoms with Gasteiger partial charge >= 0.3 is 35.8 Å². The van der Waals surface area contributed by atoms with Gasteiger partial charge in [-0.2, -0.15) is 0 Å². The predicted molar refractivity (Wildman–Crippen MR) is 206 cm³/mol. The SMILES string of the molecule is O=C(O)CC(O)(CC(=O)O)C(=O)O.O=C(O)CCC1CNc2cccc(O)c21.O=C(O)CCC1CNc2cccc(O)c21.O=C(O)CCC1CNc2cccc(O)c21. The van der Waals surface area contributed by atoms with Crippen LogP contribution in [0, 0.1) is 0 Å². The Labute approximate surface area is 331 Å². The topological polar surface area (TPSA) is 341 Å². The minimum Gasteiger partial charge on any atom is -0.508 e. The van der Waals surface area contributed by atoms with E-state index in [1.165, 1.54) is 0 Å². The lowest BCUT2D eigenvalue weighted by Crippen LogP contribution is -2.42. The van der Waals surface area contributed by atoms with Crippen molar-refractivity contribution in [3.63, 3.8) is 0 Å². The Bertz CT molecular complexity index is 1770. The zero-order valence-corrected chi connectivity index (χ0v) is 31.1. The number of nitrogens with one attached hydrogen (secondary N) is 3. The van der Waals surface area contributed by atoms with Gasteiger partial charge < -0.3 is 67.0 Å². The van der Waals surface area contributed by atoms with Crippen LogP contribution in [-0.4, -0.2) is 112 Å². The summed E-state index contributed by atoms with van der Waals surface area (Å²) in [5, 5.41) is 98.2. The fourth-order valence-corrected chi connectivity index (χ4v) is 6.76. The molecule has 0 saturated carbocycles. The number of carbonyl (C=O) groups is 6. The number of aromatic hydroxyl groups is 3. The Hall–Kier alpha value is -6.76. The van der Waals surface area contributed by atoms with Gasteiger partial charge in [0, 0.05) is 90.4 Å². The van der Waals surface area contributed by atoms with Crippen molar-refractivity contribution >= 4 is 52.9 Å². The Morgan fingerprint density at radius 3 is 0.983 bits per heavy atom. The maximum atomic E-state index is 10.5. The molecule has 0 bridgehead atoms. The molecule has 0 amide bonds. The van der Waals surface area contributed by atoms with Gasteiger partial charge in [-0.3, -0.25) is 24.0 Å². The van der Waals surface area contributed by atoms with Gasteiger partial charge in [0.05, 0.1) is 12.8 Å². The van der Waals surface area contributed by atoms with Crippen molar-refractivity contribution in [2.24, 2.45) is 0 Å². The van der Waals surface area contributed by atoms with E-state index >= 15 is 0 Å². The summed E-state index contributed by atoms with van der Waals surface area (Å²) in [5.41, 5.74) is 2.61. The summed E-state index contributed by atoms with van der Waals surface area (Å²) in [6, 6.07) is 15.9. The van der Waals surface area contributed by atoms with Crippen molar-refractivity contribution in [2.45, 2.75) is 74.7 Å². The van der Waals surface area contributed by atoms with Crippen molar-refractivity contribution < 1.29 is 79.8 Å². The molecule has 3 aliphatic rings. The van der Waals surface area contributed by atoms with Crippen molar-refractivity contribution in [3.8, 4) is 17.2 Å². The van der Waals surface area contributed by atoms with Crippen LogP contribution in [-0.2, 0) is 28.8 Å². The minimum atomic E-state index is -2.74. The van der Waals surface area contributed by atoms with E-state index in [1.54, 1.807) is 36.4 Å². The number of carboxylic acid groups (broad SMARTS) is 6. The van der Waals surface area contributed by atoms with E-state index in [9.17, 15) is 44.1 Å². The summed E-state index contributed by atoms with van der Waals surface area (Å²) in [5.74, 6) is -6.30. The van der Waals surface area contributed by atoms with Crippen LogP contribution >= 0.6 is 0 Å².